The number of pyridine rings is 1. The SMILES string of the molecule is CS(=O)(=O)Nc1ccc(C(=O)/C=C/c2ccc3ncccc3c2)cc1. The van der Waals surface area contributed by atoms with Crippen LogP contribution in [0.2, 0.25) is 0 Å². The number of carbonyl (C=O) groups excluding carboxylic acids is 1. The Labute approximate surface area is 146 Å². The summed E-state index contributed by atoms with van der Waals surface area (Å²) in [5.74, 6) is -0.155. The topological polar surface area (TPSA) is 76.1 Å². The van der Waals surface area contributed by atoms with Crippen LogP contribution in [0.4, 0.5) is 5.69 Å². The van der Waals surface area contributed by atoms with E-state index in [0.717, 1.165) is 22.7 Å². The van der Waals surface area contributed by atoms with Gasteiger partial charge in [-0.25, -0.2) is 8.42 Å². The highest BCUT2D eigenvalue weighted by molar-refractivity contribution is 7.92. The zero-order chi connectivity index (χ0) is 17.9. The molecule has 0 saturated carbocycles. The van der Waals surface area contributed by atoms with Gasteiger partial charge < -0.3 is 0 Å². The van der Waals surface area contributed by atoms with Gasteiger partial charge in [-0.15, -0.1) is 0 Å². The molecule has 0 bridgehead atoms. The first-order valence-electron chi connectivity index (χ1n) is 7.56. The molecular weight excluding hydrogens is 336 g/mol. The third-order valence-electron chi connectivity index (χ3n) is 3.53. The predicted molar refractivity (Wildman–Crippen MR) is 100 cm³/mol. The Balaban J connectivity index is 1.75. The molecule has 0 amide bonds. The second kappa shape index (κ2) is 6.86. The summed E-state index contributed by atoms with van der Waals surface area (Å²) in [5.41, 5.74) is 2.71. The first-order chi connectivity index (χ1) is 11.9. The molecule has 6 heteroatoms. The normalized spacial score (nSPS) is 11.7. The van der Waals surface area contributed by atoms with E-state index in [-0.39, 0.29) is 5.78 Å². The van der Waals surface area contributed by atoms with E-state index in [4.69, 9.17) is 0 Å². The number of benzene rings is 2. The quantitative estimate of drug-likeness (QED) is 0.563. The lowest BCUT2D eigenvalue weighted by atomic mass is 10.1. The van der Waals surface area contributed by atoms with Crippen LogP contribution in [0.15, 0.2) is 66.9 Å². The van der Waals surface area contributed by atoms with Crippen molar-refractivity contribution in [3.63, 3.8) is 0 Å². The molecule has 0 atom stereocenters. The zero-order valence-electron chi connectivity index (χ0n) is 13.5. The number of hydrogen-bond acceptors (Lipinski definition) is 4. The average molecular weight is 352 g/mol. The molecule has 1 heterocycles. The number of aromatic nitrogens is 1. The fourth-order valence-corrected chi connectivity index (χ4v) is 2.95. The second-order valence-electron chi connectivity index (χ2n) is 5.60. The summed E-state index contributed by atoms with van der Waals surface area (Å²) in [4.78, 5) is 16.5. The number of nitrogens with one attached hydrogen (secondary N) is 1. The maximum absolute atomic E-state index is 12.2. The third kappa shape index (κ3) is 4.51. The van der Waals surface area contributed by atoms with Gasteiger partial charge in [-0.2, -0.15) is 0 Å². The van der Waals surface area contributed by atoms with E-state index in [1.54, 1.807) is 36.5 Å². The molecule has 0 fully saturated rings. The van der Waals surface area contributed by atoms with Crippen LogP contribution in [0.3, 0.4) is 0 Å². The number of rotatable bonds is 5. The number of fused-ring (bicyclic) bond motifs is 1. The van der Waals surface area contributed by atoms with Crippen molar-refractivity contribution in [2.45, 2.75) is 0 Å². The number of nitrogens with zero attached hydrogens (tertiary/aromatic N) is 1. The first-order valence-corrected chi connectivity index (χ1v) is 9.45. The fraction of sp³-hybridized carbons (Fsp3) is 0.0526. The van der Waals surface area contributed by atoms with Crippen molar-refractivity contribution >= 4 is 38.5 Å². The van der Waals surface area contributed by atoms with Crippen molar-refractivity contribution in [2.75, 3.05) is 11.0 Å². The highest BCUT2D eigenvalue weighted by Gasteiger charge is 2.05. The molecule has 2 aromatic carbocycles. The number of allylic oxidation sites excluding steroid dienone is 1. The summed E-state index contributed by atoms with van der Waals surface area (Å²) in [5, 5.41) is 1.01. The smallest absolute Gasteiger partial charge is 0.229 e. The van der Waals surface area contributed by atoms with Gasteiger partial charge in [0.05, 0.1) is 11.8 Å². The van der Waals surface area contributed by atoms with Gasteiger partial charge in [0.25, 0.3) is 0 Å². The number of anilines is 1. The second-order valence-corrected chi connectivity index (χ2v) is 7.35. The van der Waals surface area contributed by atoms with E-state index in [0.29, 0.717) is 11.3 Å². The van der Waals surface area contributed by atoms with Gasteiger partial charge in [-0.05, 0) is 54.1 Å². The Kier molecular flexibility index (Phi) is 4.63. The van der Waals surface area contributed by atoms with Crippen molar-refractivity contribution in [2.24, 2.45) is 0 Å². The van der Waals surface area contributed by atoms with Crippen molar-refractivity contribution in [3.8, 4) is 0 Å². The van der Waals surface area contributed by atoms with Crippen LogP contribution >= 0.6 is 0 Å². The maximum Gasteiger partial charge on any atom is 0.229 e. The lowest BCUT2D eigenvalue weighted by Gasteiger charge is -2.04. The summed E-state index contributed by atoms with van der Waals surface area (Å²) in [6.07, 6.45) is 6.06. The highest BCUT2D eigenvalue weighted by atomic mass is 32.2. The molecular formula is C19H16N2O3S. The molecule has 0 spiro atoms. The molecule has 25 heavy (non-hydrogen) atoms. The van der Waals surface area contributed by atoms with E-state index in [9.17, 15) is 13.2 Å². The highest BCUT2D eigenvalue weighted by Crippen LogP contribution is 2.16. The van der Waals surface area contributed by atoms with Crippen molar-refractivity contribution in [1.82, 2.24) is 4.98 Å². The van der Waals surface area contributed by atoms with E-state index < -0.39 is 10.0 Å². The molecule has 3 rings (SSSR count). The fourth-order valence-electron chi connectivity index (χ4n) is 2.38. The Hall–Kier alpha value is -2.99. The zero-order valence-corrected chi connectivity index (χ0v) is 14.3. The van der Waals surface area contributed by atoms with Crippen molar-refractivity contribution in [3.05, 3.63) is 78.0 Å². The molecule has 1 aromatic heterocycles. The molecule has 0 aliphatic heterocycles. The van der Waals surface area contributed by atoms with Gasteiger partial charge in [0, 0.05) is 22.8 Å². The molecule has 0 saturated heterocycles. The third-order valence-corrected chi connectivity index (χ3v) is 4.13. The van der Waals surface area contributed by atoms with Crippen LogP contribution in [0.1, 0.15) is 15.9 Å². The van der Waals surface area contributed by atoms with Crippen molar-refractivity contribution < 1.29 is 13.2 Å². The number of hydrogen-bond donors (Lipinski definition) is 1. The summed E-state index contributed by atoms with van der Waals surface area (Å²) >= 11 is 0. The molecule has 126 valence electrons. The van der Waals surface area contributed by atoms with Crippen LogP contribution in [0.25, 0.3) is 17.0 Å². The summed E-state index contributed by atoms with van der Waals surface area (Å²) < 4.78 is 24.7. The number of carbonyl (C=O) groups is 1. The lowest BCUT2D eigenvalue weighted by Crippen LogP contribution is -2.09. The van der Waals surface area contributed by atoms with Crippen LogP contribution in [0.5, 0.6) is 0 Å². The van der Waals surface area contributed by atoms with Crippen LogP contribution in [-0.2, 0) is 10.0 Å². The van der Waals surface area contributed by atoms with Crippen molar-refractivity contribution in [1.29, 1.82) is 0 Å². The number of sulfonamides is 1. The van der Waals surface area contributed by atoms with E-state index >= 15 is 0 Å². The minimum absolute atomic E-state index is 0.155. The summed E-state index contributed by atoms with van der Waals surface area (Å²) in [6, 6.07) is 15.9. The Morgan fingerprint density at radius 3 is 2.56 bits per heavy atom. The van der Waals surface area contributed by atoms with Crippen LogP contribution in [0, 0.1) is 0 Å². The van der Waals surface area contributed by atoms with Gasteiger partial charge in [0.2, 0.25) is 10.0 Å². The largest absolute Gasteiger partial charge is 0.289 e. The van der Waals surface area contributed by atoms with Gasteiger partial charge >= 0.3 is 0 Å². The maximum atomic E-state index is 12.2. The molecule has 1 N–H and O–H groups in total. The number of ketones is 1. The van der Waals surface area contributed by atoms with Gasteiger partial charge in [0.15, 0.2) is 5.78 Å². The van der Waals surface area contributed by atoms with Crippen LogP contribution in [-0.4, -0.2) is 25.4 Å². The van der Waals surface area contributed by atoms with E-state index in [1.807, 2.05) is 30.3 Å². The molecule has 0 radical (unpaired) electrons. The lowest BCUT2D eigenvalue weighted by molar-refractivity contribution is 0.104. The predicted octanol–water partition coefficient (Wildman–Crippen LogP) is 3.50. The van der Waals surface area contributed by atoms with Gasteiger partial charge in [-0.3, -0.25) is 14.5 Å². The molecule has 5 nitrogen and oxygen atoms in total. The first kappa shape index (κ1) is 16.9. The molecule has 0 aliphatic rings. The summed E-state index contributed by atoms with van der Waals surface area (Å²) in [7, 11) is -3.33. The van der Waals surface area contributed by atoms with E-state index in [2.05, 4.69) is 9.71 Å². The average Bonchev–Trinajstić information content (AvgIpc) is 2.59. The minimum Gasteiger partial charge on any atom is -0.289 e. The Morgan fingerprint density at radius 2 is 1.84 bits per heavy atom. The van der Waals surface area contributed by atoms with Gasteiger partial charge in [0.1, 0.15) is 0 Å². The minimum atomic E-state index is -3.33. The summed E-state index contributed by atoms with van der Waals surface area (Å²) in [6.45, 7) is 0. The van der Waals surface area contributed by atoms with E-state index in [1.165, 1.54) is 6.08 Å². The Morgan fingerprint density at radius 1 is 1.08 bits per heavy atom. The monoisotopic (exact) mass is 352 g/mol. The standard InChI is InChI=1S/C19H16N2O3S/c1-25(23,24)21-17-8-6-15(7-9-17)19(22)11-5-14-4-10-18-16(13-14)3-2-12-20-18/h2-13,21H,1H3/b11-5+. The Bertz CT molecular complexity index is 1060. The molecule has 0 unspecified atom stereocenters. The van der Waals surface area contributed by atoms with Crippen LogP contribution < -0.4 is 4.72 Å². The molecule has 0 aliphatic carbocycles. The van der Waals surface area contributed by atoms with Gasteiger partial charge in [-0.1, -0.05) is 18.2 Å². The molecule has 3 aromatic rings.